The van der Waals surface area contributed by atoms with Crippen LogP contribution in [0.25, 0.3) is 0 Å². The molecule has 4 heteroatoms. The Labute approximate surface area is 58.5 Å². The van der Waals surface area contributed by atoms with E-state index in [0.29, 0.717) is 0 Å². The predicted molar refractivity (Wildman–Crippen MR) is 35.1 cm³/mol. The van der Waals surface area contributed by atoms with Crippen LogP contribution in [0.3, 0.4) is 0 Å². The minimum Gasteiger partial charge on any atom is -0.292 e. The minimum atomic E-state index is -0.344. The highest BCUT2D eigenvalue weighted by molar-refractivity contribution is 6.02. The van der Waals surface area contributed by atoms with Gasteiger partial charge in [-0.1, -0.05) is 6.08 Å². The lowest BCUT2D eigenvalue weighted by Gasteiger charge is -2.03. The molecule has 0 atom stereocenters. The maximum atomic E-state index is 10.7. The molecule has 1 rings (SSSR count). The third kappa shape index (κ3) is 1.15. The molecule has 0 spiro atoms. The smallest absolute Gasteiger partial charge is 0.292 e. The Morgan fingerprint density at radius 2 is 2.30 bits per heavy atom. The summed E-state index contributed by atoms with van der Waals surface area (Å²) in [4.78, 5) is 22.6. The van der Waals surface area contributed by atoms with E-state index in [-0.39, 0.29) is 18.5 Å². The van der Waals surface area contributed by atoms with Crippen molar-refractivity contribution in [3.05, 3.63) is 12.3 Å². The van der Waals surface area contributed by atoms with Gasteiger partial charge in [0.15, 0.2) is 0 Å². The third-order valence-corrected chi connectivity index (χ3v) is 1.15. The van der Waals surface area contributed by atoms with Gasteiger partial charge in [-0.2, -0.15) is 0 Å². The number of urea groups is 1. The summed E-state index contributed by atoms with van der Waals surface area (Å²) in [5, 5.41) is 2.15. The Bertz CT molecular complexity index is 198. The monoisotopic (exact) mass is 140 g/mol. The fraction of sp³-hybridized carbons (Fsp3) is 0.333. The Morgan fingerprint density at radius 3 is 2.70 bits per heavy atom. The molecule has 1 aliphatic rings. The van der Waals surface area contributed by atoms with Crippen LogP contribution in [0.15, 0.2) is 12.3 Å². The van der Waals surface area contributed by atoms with E-state index in [1.54, 1.807) is 19.2 Å². The number of carbonyl (C=O) groups excluding carboxylic acids is 2. The number of amides is 3. The SMILES string of the molecule is CC=CN1CC(=O)NC1=O. The molecule has 3 amide bonds. The summed E-state index contributed by atoms with van der Waals surface area (Å²) in [5.74, 6) is -0.247. The number of carbonyl (C=O) groups is 2. The van der Waals surface area contributed by atoms with E-state index in [4.69, 9.17) is 0 Å². The predicted octanol–water partition coefficient (Wildman–Crippen LogP) is 0.0718. The van der Waals surface area contributed by atoms with Crippen LogP contribution in [-0.2, 0) is 4.79 Å². The lowest BCUT2D eigenvalue weighted by Crippen LogP contribution is -2.23. The van der Waals surface area contributed by atoms with Gasteiger partial charge in [-0.15, -0.1) is 0 Å². The molecule has 1 aliphatic heterocycles. The first-order chi connectivity index (χ1) is 4.74. The van der Waals surface area contributed by atoms with Crippen LogP contribution in [0.5, 0.6) is 0 Å². The minimum absolute atomic E-state index is 0.142. The second-order valence-corrected chi connectivity index (χ2v) is 1.96. The summed E-state index contributed by atoms with van der Waals surface area (Å²) >= 11 is 0. The van der Waals surface area contributed by atoms with Crippen LogP contribution in [0.1, 0.15) is 6.92 Å². The van der Waals surface area contributed by atoms with Gasteiger partial charge in [-0.05, 0) is 6.92 Å². The molecule has 0 saturated carbocycles. The zero-order valence-electron chi connectivity index (χ0n) is 5.63. The molecule has 0 aromatic rings. The molecular formula is C6H8N2O2. The van der Waals surface area contributed by atoms with Crippen LogP contribution in [0.2, 0.25) is 0 Å². The summed E-state index contributed by atoms with van der Waals surface area (Å²) in [5.41, 5.74) is 0. The van der Waals surface area contributed by atoms with Gasteiger partial charge >= 0.3 is 6.03 Å². The Hall–Kier alpha value is -1.32. The number of hydrogen-bond donors (Lipinski definition) is 1. The molecule has 0 bridgehead atoms. The summed E-state index contributed by atoms with van der Waals surface area (Å²) in [6.45, 7) is 1.93. The zero-order valence-corrected chi connectivity index (χ0v) is 5.63. The molecule has 0 unspecified atom stereocenters. The maximum Gasteiger partial charge on any atom is 0.328 e. The molecule has 0 aromatic heterocycles. The van der Waals surface area contributed by atoms with Crippen LogP contribution in [0.4, 0.5) is 4.79 Å². The largest absolute Gasteiger partial charge is 0.328 e. The topological polar surface area (TPSA) is 49.4 Å². The summed E-state index contributed by atoms with van der Waals surface area (Å²) < 4.78 is 0. The molecule has 0 radical (unpaired) electrons. The van der Waals surface area contributed by atoms with Crippen LogP contribution < -0.4 is 5.32 Å². The lowest BCUT2D eigenvalue weighted by molar-refractivity contribution is -0.118. The molecule has 1 N–H and O–H groups in total. The van der Waals surface area contributed by atoms with Gasteiger partial charge < -0.3 is 0 Å². The van der Waals surface area contributed by atoms with Gasteiger partial charge in [-0.3, -0.25) is 15.0 Å². The Kier molecular flexibility index (Phi) is 1.71. The van der Waals surface area contributed by atoms with Gasteiger partial charge in [-0.25, -0.2) is 4.79 Å². The van der Waals surface area contributed by atoms with Gasteiger partial charge in [0, 0.05) is 6.20 Å². The first-order valence-electron chi connectivity index (χ1n) is 2.97. The van der Waals surface area contributed by atoms with Gasteiger partial charge in [0.25, 0.3) is 0 Å². The van der Waals surface area contributed by atoms with Crippen molar-refractivity contribution in [1.29, 1.82) is 0 Å². The molecule has 54 valence electrons. The molecule has 0 aromatic carbocycles. The van der Waals surface area contributed by atoms with E-state index in [2.05, 4.69) is 5.32 Å². The summed E-state index contributed by atoms with van der Waals surface area (Å²) in [6.07, 6.45) is 3.28. The van der Waals surface area contributed by atoms with E-state index in [9.17, 15) is 9.59 Å². The highest BCUT2D eigenvalue weighted by atomic mass is 16.2. The van der Waals surface area contributed by atoms with Crippen molar-refractivity contribution in [3.63, 3.8) is 0 Å². The third-order valence-electron chi connectivity index (χ3n) is 1.15. The number of hydrogen-bond acceptors (Lipinski definition) is 2. The number of rotatable bonds is 1. The molecule has 0 aliphatic carbocycles. The average Bonchev–Trinajstić information content (AvgIpc) is 2.13. The number of nitrogens with zero attached hydrogens (tertiary/aromatic N) is 1. The molecule has 1 saturated heterocycles. The van der Waals surface area contributed by atoms with Crippen molar-refractivity contribution < 1.29 is 9.59 Å². The van der Waals surface area contributed by atoms with Crippen molar-refractivity contribution in [2.75, 3.05) is 6.54 Å². The van der Waals surface area contributed by atoms with Crippen molar-refractivity contribution >= 4 is 11.9 Å². The molecular weight excluding hydrogens is 132 g/mol. The Morgan fingerprint density at radius 1 is 1.60 bits per heavy atom. The van der Waals surface area contributed by atoms with E-state index in [1.807, 2.05) is 0 Å². The molecule has 1 fully saturated rings. The van der Waals surface area contributed by atoms with Crippen LogP contribution in [0, 0.1) is 0 Å². The van der Waals surface area contributed by atoms with E-state index >= 15 is 0 Å². The lowest BCUT2D eigenvalue weighted by atomic mass is 10.6. The van der Waals surface area contributed by atoms with E-state index < -0.39 is 0 Å². The average molecular weight is 140 g/mol. The normalized spacial score (nSPS) is 18.7. The molecule has 4 nitrogen and oxygen atoms in total. The fourth-order valence-corrected chi connectivity index (χ4v) is 0.757. The van der Waals surface area contributed by atoms with Crippen molar-refractivity contribution in [2.45, 2.75) is 6.92 Å². The highest BCUT2D eigenvalue weighted by Crippen LogP contribution is 1.97. The molecule has 1 heterocycles. The number of imide groups is 1. The van der Waals surface area contributed by atoms with Crippen molar-refractivity contribution in [3.8, 4) is 0 Å². The standard InChI is InChI=1S/C6H8N2O2/c1-2-3-8-4-5(9)7-6(8)10/h2-3H,4H2,1H3,(H,7,9,10). The number of allylic oxidation sites excluding steroid dienone is 1. The van der Waals surface area contributed by atoms with Crippen LogP contribution >= 0.6 is 0 Å². The fourth-order valence-electron chi connectivity index (χ4n) is 0.757. The van der Waals surface area contributed by atoms with Gasteiger partial charge in [0.2, 0.25) is 5.91 Å². The van der Waals surface area contributed by atoms with Gasteiger partial charge in [0.05, 0.1) is 0 Å². The van der Waals surface area contributed by atoms with E-state index in [1.165, 1.54) is 4.90 Å². The highest BCUT2D eigenvalue weighted by Gasteiger charge is 2.23. The second-order valence-electron chi connectivity index (χ2n) is 1.96. The quantitative estimate of drug-likeness (QED) is 0.524. The Balaban J connectivity index is 2.63. The van der Waals surface area contributed by atoms with Gasteiger partial charge in [0.1, 0.15) is 6.54 Å². The zero-order chi connectivity index (χ0) is 7.56. The van der Waals surface area contributed by atoms with Crippen molar-refractivity contribution in [2.24, 2.45) is 0 Å². The first-order valence-corrected chi connectivity index (χ1v) is 2.97. The summed E-state index contributed by atoms with van der Waals surface area (Å²) in [7, 11) is 0. The van der Waals surface area contributed by atoms with Crippen LogP contribution in [-0.4, -0.2) is 23.4 Å². The number of nitrogens with one attached hydrogen (secondary N) is 1. The van der Waals surface area contributed by atoms with E-state index in [0.717, 1.165) is 0 Å². The molecule has 10 heavy (non-hydrogen) atoms. The second kappa shape index (κ2) is 2.51. The first kappa shape index (κ1) is 6.80. The van der Waals surface area contributed by atoms with Crippen molar-refractivity contribution in [1.82, 2.24) is 10.2 Å². The maximum absolute atomic E-state index is 10.7. The summed E-state index contributed by atoms with van der Waals surface area (Å²) in [6, 6.07) is -0.344.